The summed E-state index contributed by atoms with van der Waals surface area (Å²) in [5, 5.41) is 3.39. The molecule has 3 nitrogen and oxygen atoms in total. The number of likely N-dealkylation sites (N-methyl/N-ethyl adjacent to an activating group) is 1. The summed E-state index contributed by atoms with van der Waals surface area (Å²) in [7, 11) is 6.13. The second kappa shape index (κ2) is 6.34. The van der Waals surface area contributed by atoms with Gasteiger partial charge in [-0.1, -0.05) is 18.2 Å². The molecule has 100 valence electrons. The molecule has 0 fully saturated rings. The van der Waals surface area contributed by atoms with E-state index in [1.54, 1.807) is 0 Å². The Morgan fingerprint density at radius 2 is 2.05 bits per heavy atom. The molecule has 0 amide bonds. The molecule has 0 bridgehead atoms. The van der Waals surface area contributed by atoms with Crippen LogP contribution in [0.15, 0.2) is 48.8 Å². The van der Waals surface area contributed by atoms with Crippen LogP contribution >= 0.6 is 0 Å². The largest absolute Gasteiger partial charge is 0.378 e. The highest BCUT2D eigenvalue weighted by molar-refractivity contribution is 5.48. The molecule has 1 atom stereocenters. The fraction of sp³-hybridized carbons (Fsp3) is 0.312. The Balaban J connectivity index is 2.20. The lowest BCUT2D eigenvalue weighted by Gasteiger charge is -2.19. The number of nitrogens with one attached hydrogen (secondary N) is 1. The van der Waals surface area contributed by atoms with Crippen LogP contribution in [0.1, 0.15) is 17.2 Å². The van der Waals surface area contributed by atoms with Crippen molar-refractivity contribution < 1.29 is 0 Å². The third-order valence-electron chi connectivity index (χ3n) is 3.30. The van der Waals surface area contributed by atoms with Gasteiger partial charge in [0, 0.05) is 38.2 Å². The lowest BCUT2D eigenvalue weighted by atomic mass is 9.99. The van der Waals surface area contributed by atoms with Crippen molar-refractivity contribution in [2.24, 2.45) is 0 Å². The van der Waals surface area contributed by atoms with Crippen LogP contribution in [0.4, 0.5) is 5.69 Å². The number of nitrogens with zero attached hydrogens (tertiary/aromatic N) is 2. The predicted octanol–water partition coefficient (Wildman–Crippen LogP) is 2.65. The Bertz CT molecular complexity index is 508. The zero-order valence-corrected chi connectivity index (χ0v) is 11.8. The molecule has 0 aliphatic rings. The zero-order valence-electron chi connectivity index (χ0n) is 11.8. The Morgan fingerprint density at radius 1 is 1.21 bits per heavy atom. The van der Waals surface area contributed by atoms with E-state index in [-0.39, 0.29) is 0 Å². The van der Waals surface area contributed by atoms with Gasteiger partial charge in [-0.2, -0.15) is 0 Å². The van der Waals surface area contributed by atoms with Crippen LogP contribution in [-0.4, -0.2) is 26.1 Å². The van der Waals surface area contributed by atoms with Crippen LogP contribution in [0.2, 0.25) is 0 Å². The van der Waals surface area contributed by atoms with Gasteiger partial charge in [0.15, 0.2) is 0 Å². The first-order chi connectivity index (χ1) is 9.20. The standard InChI is InChI=1S/C16H21N3/c1-17-16(10-13-6-5-9-18-12-13)14-7-4-8-15(11-14)19(2)3/h4-9,11-12,16-17H,10H2,1-3H3. The van der Waals surface area contributed by atoms with Crippen molar-refractivity contribution in [1.82, 2.24) is 10.3 Å². The van der Waals surface area contributed by atoms with Crippen molar-refractivity contribution in [2.45, 2.75) is 12.5 Å². The number of hydrogen-bond donors (Lipinski definition) is 1. The number of rotatable bonds is 5. The fourth-order valence-electron chi connectivity index (χ4n) is 2.16. The van der Waals surface area contributed by atoms with Crippen LogP contribution in [0, 0.1) is 0 Å². The summed E-state index contributed by atoms with van der Waals surface area (Å²) in [5.74, 6) is 0. The van der Waals surface area contributed by atoms with Gasteiger partial charge >= 0.3 is 0 Å². The molecule has 1 aromatic carbocycles. The van der Waals surface area contributed by atoms with Gasteiger partial charge in [0.25, 0.3) is 0 Å². The molecule has 1 N–H and O–H groups in total. The summed E-state index contributed by atoms with van der Waals surface area (Å²) >= 11 is 0. The third-order valence-corrected chi connectivity index (χ3v) is 3.30. The molecule has 0 spiro atoms. The number of pyridine rings is 1. The minimum Gasteiger partial charge on any atom is -0.378 e. The molecule has 0 saturated heterocycles. The molecule has 3 heteroatoms. The second-order valence-electron chi connectivity index (χ2n) is 4.90. The molecule has 0 radical (unpaired) electrons. The van der Waals surface area contributed by atoms with Gasteiger partial charge in [-0.3, -0.25) is 4.98 Å². The van der Waals surface area contributed by atoms with E-state index in [2.05, 4.69) is 59.6 Å². The van der Waals surface area contributed by atoms with Gasteiger partial charge in [-0.05, 0) is 42.8 Å². The van der Waals surface area contributed by atoms with Crippen molar-refractivity contribution >= 4 is 5.69 Å². The average Bonchev–Trinajstić information content (AvgIpc) is 2.46. The fourth-order valence-corrected chi connectivity index (χ4v) is 2.16. The molecule has 2 rings (SSSR count). The summed E-state index contributed by atoms with van der Waals surface area (Å²) in [6.07, 6.45) is 4.69. The maximum Gasteiger partial charge on any atom is 0.0364 e. The summed E-state index contributed by atoms with van der Waals surface area (Å²) in [6.45, 7) is 0. The second-order valence-corrected chi connectivity index (χ2v) is 4.90. The highest BCUT2D eigenvalue weighted by Gasteiger charge is 2.11. The van der Waals surface area contributed by atoms with E-state index in [4.69, 9.17) is 0 Å². The lowest BCUT2D eigenvalue weighted by molar-refractivity contribution is 0.591. The van der Waals surface area contributed by atoms with Crippen LogP contribution in [-0.2, 0) is 6.42 Å². The lowest BCUT2D eigenvalue weighted by Crippen LogP contribution is -2.19. The topological polar surface area (TPSA) is 28.2 Å². The highest BCUT2D eigenvalue weighted by Crippen LogP contribution is 2.22. The van der Waals surface area contributed by atoms with Crippen LogP contribution in [0.25, 0.3) is 0 Å². The van der Waals surface area contributed by atoms with Crippen molar-refractivity contribution in [1.29, 1.82) is 0 Å². The maximum absolute atomic E-state index is 4.18. The van der Waals surface area contributed by atoms with Gasteiger partial charge in [-0.15, -0.1) is 0 Å². The normalized spacial score (nSPS) is 12.2. The molecule has 1 aromatic heterocycles. The maximum atomic E-state index is 4.18. The van der Waals surface area contributed by atoms with Crippen molar-refractivity contribution in [3.63, 3.8) is 0 Å². The number of hydrogen-bond acceptors (Lipinski definition) is 3. The molecular weight excluding hydrogens is 234 g/mol. The smallest absolute Gasteiger partial charge is 0.0364 e. The van der Waals surface area contributed by atoms with Gasteiger partial charge in [0.05, 0.1) is 0 Å². The first-order valence-corrected chi connectivity index (χ1v) is 6.54. The summed E-state index contributed by atoms with van der Waals surface area (Å²) in [5.41, 5.74) is 3.78. The third kappa shape index (κ3) is 3.55. The quantitative estimate of drug-likeness (QED) is 0.890. The Hall–Kier alpha value is -1.87. The molecule has 0 saturated carbocycles. The Labute approximate surface area is 115 Å². The molecule has 1 unspecified atom stereocenters. The molecule has 19 heavy (non-hydrogen) atoms. The molecule has 0 aliphatic carbocycles. The molecule has 1 heterocycles. The first kappa shape index (κ1) is 13.6. The summed E-state index contributed by atoms with van der Waals surface area (Å²) in [6, 6.07) is 13.1. The van der Waals surface area contributed by atoms with Crippen LogP contribution in [0.3, 0.4) is 0 Å². The average molecular weight is 255 g/mol. The van der Waals surface area contributed by atoms with E-state index >= 15 is 0 Å². The predicted molar refractivity (Wildman–Crippen MR) is 80.5 cm³/mol. The van der Waals surface area contributed by atoms with E-state index in [0.29, 0.717) is 6.04 Å². The van der Waals surface area contributed by atoms with Gasteiger partial charge < -0.3 is 10.2 Å². The van der Waals surface area contributed by atoms with Gasteiger partial charge in [0.1, 0.15) is 0 Å². The minimum atomic E-state index is 0.309. The van der Waals surface area contributed by atoms with Crippen molar-refractivity contribution in [3.05, 3.63) is 59.9 Å². The number of benzene rings is 1. The Kier molecular flexibility index (Phi) is 4.53. The van der Waals surface area contributed by atoms with Gasteiger partial charge in [0.2, 0.25) is 0 Å². The summed E-state index contributed by atoms with van der Waals surface area (Å²) < 4.78 is 0. The van der Waals surface area contributed by atoms with E-state index in [0.717, 1.165) is 6.42 Å². The number of anilines is 1. The van der Waals surface area contributed by atoms with Crippen molar-refractivity contribution in [2.75, 3.05) is 26.0 Å². The van der Waals surface area contributed by atoms with Crippen molar-refractivity contribution in [3.8, 4) is 0 Å². The van der Waals surface area contributed by atoms with Crippen LogP contribution < -0.4 is 10.2 Å². The first-order valence-electron chi connectivity index (χ1n) is 6.54. The zero-order chi connectivity index (χ0) is 13.7. The Morgan fingerprint density at radius 3 is 2.68 bits per heavy atom. The van der Waals surface area contributed by atoms with E-state index < -0.39 is 0 Å². The van der Waals surface area contributed by atoms with E-state index in [1.165, 1.54) is 16.8 Å². The number of aromatic nitrogens is 1. The minimum absolute atomic E-state index is 0.309. The molecular formula is C16H21N3. The summed E-state index contributed by atoms with van der Waals surface area (Å²) in [4.78, 5) is 6.30. The van der Waals surface area contributed by atoms with Gasteiger partial charge in [-0.25, -0.2) is 0 Å². The molecule has 0 aliphatic heterocycles. The SMILES string of the molecule is CNC(Cc1cccnc1)c1cccc(N(C)C)c1. The monoisotopic (exact) mass is 255 g/mol. The van der Waals surface area contributed by atoms with E-state index in [1.807, 2.05) is 25.5 Å². The van der Waals surface area contributed by atoms with Crippen LogP contribution in [0.5, 0.6) is 0 Å². The van der Waals surface area contributed by atoms with E-state index in [9.17, 15) is 0 Å². The highest BCUT2D eigenvalue weighted by atomic mass is 15.1. The molecule has 2 aromatic rings.